The monoisotopic (exact) mass is 396 g/mol. The highest BCUT2D eigenvalue weighted by Gasteiger charge is 2.58. The van der Waals surface area contributed by atoms with E-state index in [2.05, 4.69) is 27.8 Å². The summed E-state index contributed by atoms with van der Waals surface area (Å²) in [6.07, 6.45) is 5.99. The number of imide groups is 1. The average molecular weight is 396 g/mol. The van der Waals surface area contributed by atoms with Crippen LogP contribution >= 0.6 is 0 Å². The first kappa shape index (κ1) is 19.5. The number of guanidine groups is 1. The van der Waals surface area contributed by atoms with E-state index in [0.717, 1.165) is 24.2 Å². The van der Waals surface area contributed by atoms with Crippen LogP contribution in [0.5, 0.6) is 5.75 Å². The zero-order chi connectivity index (χ0) is 20.4. The van der Waals surface area contributed by atoms with Crippen LogP contribution < -0.4 is 15.4 Å². The second kappa shape index (κ2) is 8.27. The van der Waals surface area contributed by atoms with Crippen LogP contribution in [0.15, 0.2) is 41.4 Å². The molecule has 1 aromatic carbocycles. The number of nitrogens with zero attached hydrogens (tertiary/aromatic N) is 2. The first-order valence-electron chi connectivity index (χ1n) is 10.2. The molecule has 7 nitrogen and oxygen atoms in total. The SMILES string of the molecule is CN=C(NCCc1ccccc1OC)NCCN1C(=O)C2C3C=CC(C3)C2C1=O. The Hall–Kier alpha value is -2.83. The molecule has 3 aliphatic rings. The molecule has 1 heterocycles. The van der Waals surface area contributed by atoms with E-state index in [0.29, 0.717) is 25.6 Å². The number of nitrogens with one attached hydrogen (secondary N) is 2. The van der Waals surface area contributed by atoms with E-state index < -0.39 is 0 Å². The number of hydrogen-bond acceptors (Lipinski definition) is 4. The fourth-order valence-corrected chi connectivity index (χ4v) is 4.92. The van der Waals surface area contributed by atoms with Crippen LogP contribution in [-0.4, -0.2) is 56.5 Å². The van der Waals surface area contributed by atoms with Crippen LogP contribution in [0.4, 0.5) is 0 Å². The van der Waals surface area contributed by atoms with Crippen LogP contribution in [0.25, 0.3) is 0 Å². The van der Waals surface area contributed by atoms with Crippen molar-refractivity contribution in [2.75, 3.05) is 33.8 Å². The summed E-state index contributed by atoms with van der Waals surface area (Å²) in [7, 11) is 3.38. The van der Waals surface area contributed by atoms with Crippen molar-refractivity contribution in [3.8, 4) is 5.75 Å². The van der Waals surface area contributed by atoms with E-state index in [9.17, 15) is 9.59 Å². The second-order valence-corrected chi connectivity index (χ2v) is 7.82. The molecule has 1 saturated heterocycles. The van der Waals surface area contributed by atoms with Gasteiger partial charge in [-0.25, -0.2) is 0 Å². The number of likely N-dealkylation sites (tertiary alicyclic amines) is 1. The third kappa shape index (κ3) is 3.61. The minimum atomic E-state index is -0.129. The van der Waals surface area contributed by atoms with Crippen molar-refractivity contribution >= 4 is 17.8 Å². The van der Waals surface area contributed by atoms with Gasteiger partial charge in [0.2, 0.25) is 11.8 Å². The van der Waals surface area contributed by atoms with E-state index >= 15 is 0 Å². The lowest BCUT2D eigenvalue weighted by molar-refractivity contribution is -0.140. The van der Waals surface area contributed by atoms with Crippen molar-refractivity contribution in [3.63, 3.8) is 0 Å². The maximum atomic E-state index is 12.7. The largest absolute Gasteiger partial charge is 0.496 e. The molecular weight excluding hydrogens is 368 g/mol. The first-order chi connectivity index (χ1) is 14.1. The molecule has 154 valence electrons. The summed E-state index contributed by atoms with van der Waals surface area (Å²) in [5.41, 5.74) is 1.13. The Labute approximate surface area is 171 Å². The highest BCUT2D eigenvalue weighted by Crippen LogP contribution is 2.52. The van der Waals surface area contributed by atoms with Crippen LogP contribution in [-0.2, 0) is 16.0 Å². The molecule has 7 heteroatoms. The molecule has 1 aromatic rings. The van der Waals surface area contributed by atoms with Gasteiger partial charge < -0.3 is 15.4 Å². The molecule has 0 spiro atoms. The number of carbonyl (C=O) groups excluding carboxylic acids is 2. The number of aliphatic imine (C=N–C) groups is 1. The number of hydrogen-bond donors (Lipinski definition) is 2. The molecule has 2 aliphatic carbocycles. The standard InChI is InChI=1S/C22H28N4O3/c1-23-22(24-10-9-14-5-3-4-6-17(14)29-2)25-11-12-26-20(27)18-15-7-8-16(13-15)19(18)21(26)28/h3-8,15-16,18-19H,9-13H2,1-2H3,(H2,23,24,25). The molecule has 29 heavy (non-hydrogen) atoms. The number of carbonyl (C=O) groups is 2. The molecule has 2 N–H and O–H groups in total. The fraction of sp³-hybridized carbons (Fsp3) is 0.500. The Kier molecular flexibility index (Phi) is 5.56. The smallest absolute Gasteiger partial charge is 0.233 e. The summed E-state index contributed by atoms with van der Waals surface area (Å²) in [5, 5.41) is 6.47. The number of allylic oxidation sites excluding steroid dienone is 2. The summed E-state index contributed by atoms with van der Waals surface area (Å²) >= 11 is 0. The maximum Gasteiger partial charge on any atom is 0.233 e. The highest BCUT2D eigenvalue weighted by molar-refractivity contribution is 6.06. The van der Waals surface area contributed by atoms with Gasteiger partial charge in [0.1, 0.15) is 5.75 Å². The van der Waals surface area contributed by atoms with Crippen molar-refractivity contribution in [1.29, 1.82) is 0 Å². The zero-order valence-corrected chi connectivity index (χ0v) is 16.9. The topological polar surface area (TPSA) is 83.0 Å². The molecule has 0 aromatic heterocycles. The second-order valence-electron chi connectivity index (χ2n) is 7.82. The lowest BCUT2D eigenvalue weighted by Crippen LogP contribution is -2.44. The Bertz CT molecular complexity index is 820. The van der Waals surface area contributed by atoms with Crippen molar-refractivity contribution < 1.29 is 14.3 Å². The van der Waals surface area contributed by atoms with E-state index in [1.807, 2.05) is 24.3 Å². The van der Waals surface area contributed by atoms with Gasteiger partial charge in [0, 0.05) is 26.7 Å². The Morgan fingerprint density at radius 3 is 2.41 bits per heavy atom. The Morgan fingerprint density at radius 1 is 1.10 bits per heavy atom. The summed E-state index contributed by atoms with van der Waals surface area (Å²) in [6, 6.07) is 7.93. The van der Waals surface area contributed by atoms with E-state index in [1.54, 1.807) is 14.2 Å². The maximum absolute atomic E-state index is 12.7. The van der Waals surface area contributed by atoms with Gasteiger partial charge in [0.05, 0.1) is 18.9 Å². The fourth-order valence-electron chi connectivity index (χ4n) is 4.92. The summed E-state index contributed by atoms with van der Waals surface area (Å²) < 4.78 is 5.37. The lowest BCUT2D eigenvalue weighted by Gasteiger charge is -2.18. The van der Waals surface area contributed by atoms with Gasteiger partial charge in [0.25, 0.3) is 0 Å². The predicted octanol–water partition coefficient (Wildman–Crippen LogP) is 1.21. The number of ether oxygens (including phenoxy) is 1. The normalized spacial score (nSPS) is 27.5. The number of fused-ring (bicyclic) bond motifs is 5. The molecule has 4 rings (SSSR count). The number of methoxy groups -OCH3 is 1. The summed E-state index contributed by atoms with van der Waals surface area (Å²) in [5.74, 6) is 1.77. The highest BCUT2D eigenvalue weighted by atomic mass is 16.5. The quantitative estimate of drug-likeness (QED) is 0.313. The summed E-state index contributed by atoms with van der Waals surface area (Å²) in [4.78, 5) is 31.1. The van der Waals surface area contributed by atoms with Gasteiger partial charge >= 0.3 is 0 Å². The van der Waals surface area contributed by atoms with Gasteiger partial charge in [-0.1, -0.05) is 30.4 Å². The minimum Gasteiger partial charge on any atom is -0.496 e. The van der Waals surface area contributed by atoms with E-state index in [1.165, 1.54) is 4.90 Å². The molecule has 4 unspecified atom stereocenters. The van der Waals surface area contributed by atoms with Crippen LogP contribution in [0, 0.1) is 23.7 Å². The van der Waals surface area contributed by atoms with Gasteiger partial charge in [-0.2, -0.15) is 0 Å². The zero-order valence-electron chi connectivity index (χ0n) is 16.9. The van der Waals surface area contributed by atoms with Gasteiger partial charge in [0.15, 0.2) is 5.96 Å². The Morgan fingerprint density at radius 2 is 1.76 bits per heavy atom. The van der Waals surface area contributed by atoms with Crippen LogP contribution in [0.1, 0.15) is 12.0 Å². The van der Waals surface area contributed by atoms with Crippen LogP contribution in [0.3, 0.4) is 0 Å². The average Bonchev–Trinajstić information content (AvgIpc) is 3.42. The number of rotatable bonds is 7. The van der Waals surface area contributed by atoms with Gasteiger partial charge in [-0.05, 0) is 36.3 Å². The van der Waals surface area contributed by atoms with Gasteiger partial charge in [-0.3, -0.25) is 19.5 Å². The third-order valence-corrected chi connectivity index (χ3v) is 6.29. The van der Waals surface area contributed by atoms with Gasteiger partial charge in [-0.15, -0.1) is 0 Å². The van der Waals surface area contributed by atoms with Crippen molar-refractivity contribution in [3.05, 3.63) is 42.0 Å². The summed E-state index contributed by atoms with van der Waals surface area (Å²) in [6.45, 7) is 1.55. The number of benzene rings is 1. The third-order valence-electron chi connectivity index (χ3n) is 6.29. The first-order valence-corrected chi connectivity index (χ1v) is 10.2. The predicted molar refractivity (Wildman–Crippen MR) is 110 cm³/mol. The number of amides is 2. The molecule has 2 amide bonds. The molecular formula is C22H28N4O3. The molecule has 1 aliphatic heterocycles. The Balaban J connectivity index is 1.24. The van der Waals surface area contributed by atoms with E-state index in [-0.39, 0.29) is 35.5 Å². The van der Waals surface area contributed by atoms with Crippen molar-refractivity contribution in [1.82, 2.24) is 15.5 Å². The lowest BCUT2D eigenvalue weighted by atomic mass is 9.85. The van der Waals surface area contributed by atoms with Crippen molar-refractivity contribution in [2.24, 2.45) is 28.7 Å². The molecule has 0 radical (unpaired) electrons. The molecule has 4 atom stereocenters. The van der Waals surface area contributed by atoms with Crippen molar-refractivity contribution in [2.45, 2.75) is 12.8 Å². The minimum absolute atomic E-state index is 0.00207. The molecule has 2 fully saturated rings. The number of para-hydroxylation sites is 1. The molecule has 2 bridgehead atoms. The van der Waals surface area contributed by atoms with Crippen LogP contribution in [0.2, 0.25) is 0 Å². The molecule has 1 saturated carbocycles. The van der Waals surface area contributed by atoms with E-state index in [4.69, 9.17) is 4.74 Å².